The second-order valence-electron chi connectivity index (χ2n) is 5.41. The van der Waals surface area contributed by atoms with Crippen molar-refractivity contribution in [1.82, 2.24) is 0 Å². The molecule has 0 fully saturated rings. The average molecular weight is 317 g/mol. The number of anilines is 2. The summed E-state index contributed by atoms with van der Waals surface area (Å²) < 4.78 is 0. The van der Waals surface area contributed by atoms with Crippen molar-refractivity contribution in [2.75, 3.05) is 11.4 Å². The number of rotatable bonds is 2. The number of hydrogen-bond acceptors (Lipinski definition) is 2. The molecule has 0 bridgehead atoms. The molecule has 1 heterocycles. The van der Waals surface area contributed by atoms with Crippen LogP contribution in [0.25, 0.3) is 0 Å². The SMILES string of the molecule is Cc1ccc2c(c1)CCCN2c1ccc(Cl)cc1C(N)=S. The third-order valence-electron chi connectivity index (χ3n) is 3.87. The second kappa shape index (κ2) is 5.66. The largest absolute Gasteiger partial charge is 0.389 e. The van der Waals surface area contributed by atoms with Gasteiger partial charge in [-0.15, -0.1) is 0 Å². The van der Waals surface area contributed by atoms with Gasteiger partial charge in [-0.25, -0.2) is 0 Å². The van der Waals surface area contributed by atoms with Crippen LogP contribution >= 0.6 is 23.8 Å². The molecule has 2 nitrogen and oxygen atoms in total. The van der Waals surface area contributed by atoms with Crippen molar-refractivity contribution in [1.29, 1.82) is 0 Å². The molecule has 0 saturated heterocycles. The highest BCUT2D eigenvalue weighted by Gasteiger charge is 2.21. The van der Waals surface area contributed by atoms with E-state index in [1.54, 1.807) is 0 Å². The average Bonchev–Trinajstić information content (AvgIpc) is 2.46. The monoisotopic (exact) mass is 316 g/mol. The van der Waals surface area contributed by atoms with Gasteiger partial charge in [0.05, 0.1) is 5.69 Å². The summed E-state index contributed by atoms with van der Waals surface area (Å²) in [5.41, 5.74) is 11.7. The van der Waals surface area contributed by atoms with Crippen LogP contribution in [0, 0.1) is 6.92 Å². The molecule has 0 unspecified atom stereocenters. The maximum atomic E-state index is 6.09. The molecule has 3 rings (SSSR count). The number of aryl methyl sites for hydroxylation is 2. The van der Waals surface area contributed by atoms with Crippen LogP contribution in [0.15, 0.2) is 36.4 Å². The van der Waals surface area contributed by atoms with E-state index in [0.29, 0.717) is 10.0 Å². The minimum absolute atomic E-state index is 0.381. The van der Waals surface area contributed by atoms with Gasteiger partial charge in [0.15, 0.2) is 0 Å². The van der Waals surface area contributed by atoms with Crippen molar-refractivity contribution in [2.24, 2.45) is 5.73 Å². The van der Waals surface area contributed by atoms with Crippen molar-refractivity contribution in [3.8, 4) is 0 Å². The molecular weight excluding hydrogens is 300 g/mol. The van der Waals surface area contributed by atoms with Crippen LogP contribution in [-0.2, 0) is 6.42 Å². The van der Waals surface area contributed by atoms with E-state index in [-0.39, 0.29) is 0 Å². The predicted molar refractivity (Wildman–Crippen MR) is 93.8 cm³/mol. The Morgan fingerprint density at radius 2 is 1.95 bits per heavy atom. The van der Waals surface area contributed by atoms with Crippen LogP contribution in [0.3, 0.4) is 0 Å². The molecule has 2 N–H and O–H groups in total. The molecule has 0 aliphatic carbocycles. The van der Waals surface area contributed by atoms with Crippen LogP contribution in [0.4, 0.5) is 11.4 Å². The van der Waals surface area contributed by atoms with Crippen molar-refractivity contribution >= 4 is 40.2 Å². The first-order valence-corrected chi connectivity index (χ1v) is 7.81. The van der Waals surface area contributed by atoms with Gasteiger partial charge < -0.3 is 10.6 Å². The molecule has 21 heavy (non-hydrogen) atoms. The molecule has 1 aliphatic heterocycles. The zero-order chi connectivity index (χ0) is 15.0. The Morgan fingerprint density at radius 1 is 1.19 bits per heavy atom. The first-order chi connectivity index (χ1) is 10.1. The predicted octanol–water partition coefficient (Wildman–Crippen LogP) is 4.37. The van der Waals surface area contributed by atoms with Crippen molar-refractivity contribution in [2.45, 2.75) is 19.8 Å². The van der Waals surface area contributed by atoms with Crippen molar-refractivity contribution in [3.63, 3.8) is 0 Å². The van der Waals surface area contributed by atoms with Gasteiger partial charge in [0.2, 0.25) is 0 Å². The van der Waals surface area contributed by atoms with Gasteiger partial charge in [-0.2, -0.15) is 0 Å². The van der Waals surface area contributed by atoms with Crippen LogP contribution in [0.2, 0.25) is 5.02 Å². The lowest BCUT2D eigenvalue weighted by Gasteiger charge is -2.33. The minimum Gasteiger partial charge on any atom is -0.389 e. The van der Waals surface area contributed by atoms with E-state index in [2.05, 4.69) is 30.0 Å². The normalized spacial score (nSPS) is 13.9. The molecule has 2 aromatic carbocycles. The summed E-state index contributed by atoms with van der Waals surface area (Å²) in [7, 11) is 0. The van der Waals surface area contributed by atoms with E-state index < -0.39 is 0 Å². The Balaban J connectivity index is 2.13. The number of hydrogen-bond donors (Lipinski definition) is 1. The van der Waals surface area contributed by atoms with E-state index in [0.717, 1.165) is 30.6 Å². The number of nitrogens with zero attached hydrogens (tertiary/aromatic N) is 1. The zero-order valence-corrected chi connectivity index (χ0v) is 13.5. The Morgan fingerprint density at radius 3 is 2.71 bits per heavy atom. The molecule has 4 heteroatoms. The first-order valence-electron chi connectivity index (χ1n) is 7.02. The molecule has 108 valence electrons. The van der Waals surface area contributed by atoms with Crippen LogP contribution in [-0.4, -0.2) is 11.5 Å². The highest BCUT2D eigenvalue weighted by Crippen LogP contribution is 2.36. The van der Waals surface area contributed by atoms with E-state index >= 15 is 0 Å². The third-order valence-corrected chi connectivity index (χ3v) is 4.32. The molecule has 0 atom stereocenters. The second-order valence-corrected chi connectivity index (χ2v) is 6.29. The van der Waals surface area contributed by atoms with E-state index in [4.69, 9.17) is 29.6 Å². The molecule has 0 radical (unpaired) electrons. The van der Waals surface area contributed by atoms with Gasteiger partial charge in [0.25, 0.3) is 0 Å². The Hall–Kier alpha value is -1.58. The fourth-order valence-electron chi connectivity index (χ4n) is 2.92. The summed E-state index contributed by atoms with van der Waals surface area (Å²) in [4.78, 5) is 2.68. The van der Waals surface area contributed by atoms with Crippen LogP contribution < -0.4 is 10.6 Å². The van der Waals surface area contributed by atoms with Gasteiger partial charge >= 0.3 is 0 Å². The number of nitrogens with two attached hydrogens (primary N) is 1. The van der Waals surface area contributed by atoms with E-state index in [1.165, 1.54) is 16.8 Å². The number of fused-ring (bicyclic) bond motifs is 1. The lowest BCUT2D eigenvalue weighted by Crippen LogP contribution is -2.27. The number of halogens is 1. The van der Waals surface area contributed by atoms with Gasteiger partial charge in [-0.1, -0.05) is 41.5 Å². The maximum Gasteiger partial charge on any atom is 0.106 e. The highest BCUT2D eigenvalue weighted by molar-refractivity contribution is 7.80. The highest BCUT2D eigenvalue weighted by atomic mass is 35.5. The van der Waals surface area contributed by atoms with Gasteiger partial charge in [0.1, 0.15) is 4.99 Å². The summed E-state index contributed by atoms with van der Waals surface area (Å²) in [6.45, 7) is 3.09. The van der Waals surface area contributed by atoms with Crippen LogP contribution in [0.1, 0.15) is 23.1 Å². The molecule has 0 saturated carbocycles. The number of benzene rings is 2. The maximum absolute atomic E-state index is 6.09. The quantitative estimate of drug-likeness (QED) is 0.834. The fraction of sp³-hybridized carbons (Fsp3) is 0.235. The summed E-state index contributed by atoms with van der Waals surface area (Å²) >= 11 is 11.3. The summed E-state index contributed by atoms with van der Waals surface area (Å²) in [5, 5.41) is 0.655. The molecule has 0 aromatic heterocycles. The number of thiocarbonyl (C=S) groups is 1. The van der Waals surface area contributed by atoms with Gasteiger partial charge in [-0.05, 0) is 49.6 Å². The van der Waals surface area contributed by atoms with Gasteiger partial charge in [-0.3, -0.25) is 0 Å². The molecule has 0 amide bonds. The molecular formula is C17H17ClN2S. The molecule has 2 aromatic rings. The standard InChI is InChI=1S/C17H17ClN2S/c1-11-4-6-15-12(9-11)3-2-8-20(15)16-7-5-13(18)10-14(16)17(19)21/h4-7,9-10H,2-3,8H2,1H3,(H2,19,21). The fourth-order valence-corrected chi connectivity index (χ4v) is 3.25. The zero-order valence-electron chi connectivity index (χ0n) is 11.9. The smallest absolute Gasteiger partial charge is 0.106 e. The van der Waals surface area contributed by atoms with E-state index in [9.17, 15) is 0 Å². The topological polar surface area (TPSA) is 29.3 Å². The molecule has 1 aliphatic rings. The lowest BCUT2D eigenvalue weighted by molar-refractivity contribution is 0.765. The van der Waals surface area contributed by atoms with Gasteiger partial charge in [0, 0.05) is 22.8 Å². The lowest BCUT2D eigenvalue weighted by atomic mass is 9.98. The Kier molecular flexibility index (Phi) is 3.87. The van der Waals surface area contributed by atoms with Crippen molar-refractivity contribution in [3.05, 3.63) is 58.1 Å². The Bertz CT molecular complexity index is 712. The summed E-state index contributed by atoms with van der Waals surface area (Å²) in [6.07, 6.45) is 2.24. The van der Waals surface area contributed by atoms with Crippen molar-refractivity contribution < 1.29 is 0 Å². The minimum atomic E-state index is 0.381. The first kappa shape index (κ1) is 14.4. The Labute approximate surface area is 135 Å². The van der Waals surface area contributed by atoms with E-state index in [1.807, 2.05) is 18.2 Å². The summed E-state index contributed by atoms with van der Waals surface area (Å²) in [6, 6.07) is 12.3. The third kappa shape index (κ3) is 2.76. The molecule has 0 spiro atoms. The summed E-state index contributed by atoms with van der Waals surface area (Å²) in [5.74, 6) is 0. The van der Waals surface area contributed by atoms with Crippen LogP contribution in [0.5, 0.6) is 0 Å².